The summed E-state index contributed by atoms with van der Waals surface area (Å²) >= 11 is 0. The third kappa shape index (κ3) is 23.5. The Morgan fingerprint density at radius 2 is 0.962 bits per heavy atom. The van der Waals surface area contributed by atoms with Gasteiger partial charge in [0.15, 0.2) is 0 Å². The van der Waals surface area contributed by atoms with Gasteiger partial charge < -0.3 is 10.4 Å². The summed E-state index contributed by atoms with van der Waals surface area (Å²) < 4.78 is 0. The molecule has 0 radical (unpaired) electrons. The van der Waals surface area contributed by atoms with Crippen LogP contribution in [0, 0.1) is 0 Å². The molecule has 2 heteroatoms. The number of hydrogen-bond donors (Lipinski definition) is 2. The average molecular weight is 368 g/mol. The predicted octanol–water partition coefficient (Wildman–Crippen LogP) is 7.86. The van der Waals surface area contributed by atoms with Crippen molar-refractivity contribution in [2.24, 2.45) is 0 Å². The fourth-order valence-corrected chi connectivity index (χ4v) is 3.45. The van der Waals surface area contributed by atoms with Crippen LogP contribution in [-0.4, -0.2) is 11.3 Å². The number of aliphatic hydroxyl groups excluding tert-OH is 1. The molecular formula is C24H49NO. The summed E-state index contributed by atoms with van der Waals surface area (Å²) in [6.07, 6.45) is 30.4. The van der Waals surface area contributed by atoms with Crippen LogP contribution in [0.5, 0.6) is 0 Å². The molecule has 0 amide bonds. The van der Waals surface area contributed by atoms with Crippen molar-refractivity contribution >= 4 is 0 Å². The number of unbranched alkanes of at least 4 members (excludes halogenated alkanes) is 18. The highest BCUT2D eigenvalue weighted by Gasteiger charge is 1.95. The standard InChI is InChI=1S/C24H49NO/c1-3-4-5-6-7-8-9-10-11-12-13-14-15-16-17-18-19-20-21-22-23-25-24(2)26/h22-26H,3-21H2,1-2H3. The zero-order valence-electron chi connectivity index (χ0n) is 18.1. The molecule has 0 heterocycles. The quantitative estimate of drug-likeness (QED) is 0.160. The van der Waals surface area contributed by atoms with Crippen LogP contribution in [0.4, 0.5) is 0 Å². The molecule has 1 unspecified atom stereocenters. The maximum atomic E-state index is 9.05. The number of nitrogens with one attached hydrogen (secondary N) is 1. The smallest absolute Gasteiger partial charge is 0.121 e. The molecule has 156 valence electrons. The van der Waals surface area contributed by atoms with E-state index in [4.69, 9.17) is 5.11 Å². The van der Waals surface area contributed by atoms with E-state index in [0.29, 0.717) is 0 Å². The zero-order valence-corrected chi connectivity index (χ0v) is 18.1. The van der Waals surface area contributed by atoms with Gasteiger partial charge in [-0.05, 0) is 26.0 Å². The molecule has 0 aliphatic heterocycles. The summed E-state index contributed by atoms with van der Waals surface area (Å²) in [5, 5.41) is 11.9. The van der Waals surface area contributed by atoms with Crippen LogP contribution in [-0.2, 0) is 0 Å². The molecule has 0 aliphatic rings. The second kappa shape index (κ2) is 22.5. The van der Waals surface area contributed by atoms with Crippen molar-refractivity contribution in [2.45, 2.75) is 142 Å². The first-order valence-electron chi connectivity index (χ1n) is 11.9. The van der Waals surface area contributed by atoms with E-state index in [0.717, 1.165) is 6.42 Å². The molecule has 0 rings (SSSR count). The Kier molecular flexibility index (Phi) is 22.1. The molecule has 2 N–H and O–H groups in total. The second-order valence-electron chi connectivity index (χ2n) is 8.04. The molecule has 1 atom stereocenters. The largest absolute Gasteiger partial charge is 0.374 e. The Morgan fingerprint density at radius 3 is 1.31 bits per heavy atom. The van der Waals surface area contributed by atoms with E-state index in [9.17, 15) is 0 Å². The van der Waals surface area contributed by atoms with Gasteiger partial charge in [-0.25, -0.2) is 0 Å². The molecule has 0 saturated heterocycles. The lowest BCUT2D eigenvalue weighted by molar-refractivity contribution is 0.173. The van der Waals surface area contributed by atoms with Gasteiger partial charge in [-0.1, -0.05) is 122 Å². The van der Waals surface area contributed by atoms with Crippen molar-refractivity contribution in [3.05, 3.63) is 12.3 Å². The van der Waals surface area contributed by atoms with Gasteiger partial charge in [0.25, 0.3) is 0 Å². The highest BCUT2D eigenvalue weighted by atomic mass is 16.3. The Bertz CT molecular complexity index is 275. The summed E-state index contributed by atoms with van der Waals surface area (Å²) in [7, 11) is 0. The molecule has 0 saturated carbocycles. The van der Waals surface area contributed by atoms with Gasteiger partial charge in [-0.3, -0.25) is 0 Å². The SMILES string of the molecule is CCCCCCCCCCCCCCCCCCCCC=CNC(C)O. The molecule has 0 fully saturated rings. The maximum Gasteiger partial charge on any atom is 0.121 e. The van der Waals surface area contributed by atoms with Crippen molar-refractivity contribution in [1.29, 1.82) is 0 Å². The third-order valence-corrected chi connectivity index (χ3v) is 5.18. The van der Waals surface area contributed by atoms with Gasteiger partial charge in [-0.15, -0.1) is 0 Å². The summed E-state index contributed by atoms with van der Waals surface area (Å²) in [6.45, 7) is 4.03. The van der Waals surface area contributed by atoms with E-state index in [1.807, 2.05) is 6.20 Å². The molecule has 2 nitrogen and oxygen atoms in total. The van der Waals surface area contributed by atoms with Crippen LogP contribution < -0.4 is 5.32 Å². The Hall–Kier alpha value is -0.500. The summed E-state index contributed by atoms with van der Waals surface area (Å²) in [5.74, 6) is 0. The van der Waals surface area contributed by atoms with Gasteiger partial charge in [-0.2, -0.15) is 0 Å². The van der Waals surface area contributed by atoms with E-state index in [2.05, 4.69) is 18.3 Å². The first-order valence-corrected chi connectivity index (χ1v) is 11.9. The number of hydrogen-bond acceptors (Lipinski definition) is 2. The molecule has 26 heavy (non-hydrogen) atoms. The molecular weight excluding hydrogens is 318 g/mol. The normalized spacial score (nSPS) is 12.7. The summed E-state index contributed by atoms with van der Waals surface area (Å²) in [6, 6.07) is 0. The highest BCUT2D eigenvalue weighted by molar-refractivity contribution is 4.79. The van der Waals surface area contributed by atoms with Crippen LogP contribution in [0.3, 0.4) is 0 Å². The van der Waals surface area contributed by atoms with Crippen LogP contribution in [0.15, 0.2) is 12.3 Å². The number of aliphatic hydroxyl groups is 1. The monoisotopic (exact) mass is 367 g/mol. The fourth-order valence-electron chi connectivity index (χ4n) is 3.45. The van der Waals surface area contributed by atoms with E-state index < -0.39 is 6.23 Å². The lowest BCUT2D eigenvalue weighted by Gasteiger charge is -2.04. The van der Waals surface area contributed by atoms with Crippen molar-refractivity contribution < 1.29 is 5.11 Å². The third-order valence-electron chi connectivity index (χ3n) is 5.18. The van der Waals surface area contributed by atoms with Crippen LogP contribution in [0.25, 0.3) is 0 Å². The van der Waals surface area contributed by atoms with E-state index in [1.165, 1.54) is 116 Å². The fraction of sp³-hybridized carbons (Fsp3) is 0.917. The molecule has 0 aliphatic carbocycles. The predicted molar refractivity (Wildman–Crippen MR) is 117 cm³/mol. The Labute approximate surface area is 165 Å². The number of allylic oxidation sites excluding steroid dienone is 1. The van der Waals surface area contributed by atoms with Gasteiger partial charge in [0.2, 0.25) is 0 Å². The van der Waals surface area contributed by atoms with Crippen LogP contribution in [0.2, 0.25) is 0 Å². The van der Waals surface area contributed by atoms with Gasteiger partial charge >= 0.3 is 0 Å². The zero-order chi connectivity index (χ0) is 19.1. The van der Waals surface area contributed by atoms with E-state index in [-0.39, 0.29) is 0 Å². The molecule has 0 aromatic carbocycles. The Balaban J connectivity index is 3.02. The maximum absolute atomic E-state index is 9.05. The molecule has 0 bridgehead atoms. The van der Waals surface area contributed by atoms with Crippen molar-refractivity contribution in [1.82, 2.24) is 5.32 Å². The van der Waals surface area contributed by atoms with Gasteiger partial charge in [0, 0.05) is 0 Å². The lowest BCUT2D eigenvalue weighted by Crippen LogP contribution is -2.18. The van der Waals surface area contributed by atoms with Crippen molar-refractivity contribution in [3.8, 4) is 0 Å². The number of rotatable bonds is 21. The highest BCUT2D eigenvalue weighted by Crippen LogP contribution is 2.14. The first-order chi connectivity index (χ1) is 12.8. The minimum absolute atomic E-state index is 0.438. The Morgan fingerprint density at radius 1 is 0.615 bits per heavy atom. The summed E-state index contributed by atoms with van der Waals surface area (Å²) in [4.78, 5) is 0. The van der Waals surface area contributed by atoms with Crippen LogP contribution >= 0.6 is 0 Å². The minimum Gasteiger partial charge on any atom is -0.374 e. The van der Waals surface area contributed by atoms with Crippen LogP contribution in [0.1, 0.15) is 136 Å². The average Bonchev–Trinajstić information content (AvgIpc) is 2.62. The van der Waals surface area contributed by atoms with Gasteiger partial charge in [0.05, 0.1) is 0 Å². The molecule has 0 spiro atoms. The van der Waals surface area contributed by atoms with Crippen molar-refractivity contribution in [3.63, 3.8) is 0 Å². The van der Waals surface area contributed by atoms with Crippen molar-refractivity contribution in [2.75, 3.05) is 0 Å². The molecule has 0 aromatic rings. The second-order valence-corrected chi connectivity index (χ2v) is 8.04. The first kappa shape index (κ1) is 25.5. The lowest BCUT2D eigenvalue weighted by atomic mass is 10.0. The molecule has 0 aromatic heterocycles. The van der Waals surface area contributed by atoms with Gasteiger partial charge in [0.1, 0.15) is 6.23 Å². The summed E-state index contributed by atoms with van der Waals surface area (Å²) in [5.41, 5.74) is 0. The van der Waals surface area contributed by atoms with E-state index in [1.54, 1.807) is 6.92 Å². The van der Waals surface area contributed by atoms with E-state index >= 15 is 0 Å². The topological polar surface area (TPSA) is 32.3 Å². The minimum atomic E-state index is -0.438.